The summed E-state index contributed by atoms with van der Waals surface area (Å²) >= 11 is 0. The summed E-state index contributed by atoms with van der Waals surface area (Å²) in [6.45, 7) is 4.14. The lowest BCUT2D eigenvalue weighted by atomic mass is 10.0. The van der Waals surface area contributed by atoms with Crippen molar-refractivity contribution in [1.82, 2.24) is 10.2 Å². The largest absolute Gasteiger partial charge is 0.339 e. The zero-order chi connectivity index (χ0) is 14.7. The molecule has 2 atom stereocenters. The lowest BCUT2D eigenvalue weighted by Crippen LogP contribution is -2.39. The molecule has 22 heavy (non-hydrogen) atoms. The van der Waals surface area contributed by atoms with Crippen LogP contribution in [0.4, 0.5) is 0 Å². The van der Waals surface area contributed by atoms with Crippen molar-refractivity contribution in [1.29, 1.82) is 0 Å². The molecule has 0 spiro atoms. The van der Waals surface area contributed by atoms with E-state index < -0.39 is 0 Å². The van der Waals surface area contributed by atoms with E-state index in [2.05, 4.69) is 41.4 Å². The highest BCUT2D eigenvalue weighted by molar-refractivity contribution is 5.85. The molecule has 4 heteroatoms. The quantitative estimate of drug-likeness (QED) is 0.924. The van der Waals surface area contributed by atoms with Crippen molar-refractivity contribution in [2.45, 2.75) is 57.5 Å². The van der Waals surface area contributed by atoms with E-state index in [0.29, 0.717) is 24.4 Å². The number of likely N-dealkylation sites (tertiary alicyclic amines) is 1. The highest BCUT2D eigenvalue weighted by Crippen LogP contribution is 2.23. The summed E-state index contributed by atoms with van der Waals surface area (Å²) in [5, 5.41) is 3.43. The summed E-state index contributed by atoms with van der Waals surface area (Å²) in [4.78, 5) is 14.7. The van der Waals surface area contributed by atoms with Crippen LogP contribution < -0.4 is 5.32 Å². The number of benzene rings is 1. The number of amides is 1. The number of carbonyl (C=O) groups is 1. The third kappa shape index (κ3) is 4.23. The first kappa shape index (κ1) is 17.3. The molecule has 3 rings (SSSR count). The van der Waals surface area contributed by atoms with E-state index in [-0.39, 0.29) is 12.4 Å². The number of rotatable bonds is 4. The monoisotopic (exact) mass is 322 g/mol. The average molecular weight is 323 g/mol. The van der Waals surface area contributed by atoms with Gasteiger partial charge in [-0.3, -0.25) is 4.79 Å². The van der Waals surface area contributed by atoms with Gasteiger partial charge >= 0.3 is 0 Å². The fourth-order valence-electron chi connectivity index (χ4n) is 3.63. The van der Waals surface area contributed by atoms with Gasteiger partial charge in [0.25, 0.3) is 0 Å². The topological polar surface area (TPSA) is 32.3 Å². The number of nitrogens with one attached hydrogen (secondary N) is 1. The zero-order valence-electron chi connectivity index (χ0n) is 13.4. The van der Waals surface area contributed by atoms with E-state index >= 15 is 0 Å². The highest BCUT2D eigenvalue weighted by atomic mass is 35.5. The van der Waals surface area contributed by atoms with Gasteiger partial charge in [0.2, 0.25) is 5.91 Å². The highest BCUT2D eigenvalue weighted by Gasteiger charge is 2.30. The minimum atomic E-state index is 0. The second-order valence-electron chi connectivity index (χ2n) is 6.57. The second-order valence-corrected chi connectivity index (χ2v) is 6.57. The first-order valence-corrected chi connectivity index (χ1v) is 8.31. The lowest BCUT2D eigenvalue weighted by molar-refractivity contribution is -0.132. The molecule has 1 amide bonds. The molecule has 0 radical (unpaired) electrons. The summed E-state index contributed by atoms with van der Waals surface area (Å²) < 4.78 is 0. The summed E-state index contributed by atoms with van der Waals surface area (Å²) in [6.07, 6.45) is 6.36. The Kier molecular flexibility index (Phi) is 6.27. The van der Waals surface area contributed by atoms with E-state index in [1.165, 1.54) is 17.5 Å². The average Bonchev–Trinajstić information content (AvgIpc) is 3.13. The Morgan fingerprint density at radius 2 is 2.00 bits per heavy atom. The summed E-state index contributed by atoms with van der Waals surface area (Å²) in [6, 6.07) is 9.56. The Balaban J connectivity index is 0.00000176. The van der Waals surface area contributed by atoms with E-state index in [9.17, 15) is 4.79 Å². The molecule has 122 valence electrons. The van der Waals surface area contributed by atoms with Gasteiger partial charge < -0.3 is 10.2 Å². The van der Waals surface area contributed by atoms with Crippen LogP contribution in [0.3, 0.4) is 0 Å². The van der Waals surface area contributed by atoms with Crippen molar-refractivity contribution < 1.29 is 4.79 Å². The van der Waals surface area contributed by atoms with Crippen LogP contribution in [-0.4, -0.2) is 36.0 Å². The smallest absolute Gasteiger partial charge is 0.224 e. The molecular formula is C18H27ClN2O. The maximum atomic E-state index is 12.5. The minimum Gasteiger partial charge on any atom is -0.339 e. The first-order chi connectivity index (χ1) is 10.2. The number of hydrogen-bond donors (Lipinski definition) is 1. The fourth-order valence-corrected chi connectivity index (χ4v) is 3.63. The molecule has 2 aliphatic rings. The van der Waals surface area contributed by atoms with Gasteiger partial charge in [-0.25, -0.2) is 0 Å². The Bertz CT molecular complexity index is 482. The Morgan fingerprint density at radius 3 is 2.68 bits per heavy atom. The van der Waals surface area contributed by atoms with Crippen LogP contribution >= 0.6 is 12.4 Å². The van der Waals surface area contributed by atoms with Crippen molar-refractivity contribution in [2.75, 3.05) is 13.1 Å². The van der Waals surface area contributed by atoms with Gasteiger partial charge in [-0.15, -0.1) is 12.4 Å². The molecule has 2 saturated heterocycles. The van der Waals surface area contributed by atoms with E-state index in [1.807, 2.05) is 0 Å². The molecule has 0 saturated carbocycles. The normalized spacial score (nSPS) is 24.3. The molecule has 1 aromatic rings. The summed E-state index contributed by atoms with van der Waals surface area (Å²) in [5.41, 5.74) is 2.65. The predicted octanol–water partition coefficient (Wildman–Crippen LogP) is 3.09. The molecule has 1 aromatic carbocycles. The predicted molar refractivity (Wildman–Crippen MR) is 92.5 cm³/mol. The Morgan fingerprint density at radius 1 is 1.23 bits per heavy atom. The molecule has 3 nitrogen and oxygen atoms in total. The molecule has 0 aliphatic carbocycles. The van der Waals surface area contributed by atoms with E-state index in [1.54, 1.807) is 0 Å². The Hall–Kier alpha value is -1.06. The van der Waals surface area contributed by atoms with Gasteiger partial charge in [-0.1, -0.05) is 29.8 Å². The molecule has 2 fully saturated rings. The second kappa shape index (κ2) is 7.98. The lowest BCUT2D eigenvalue weighted by Gasteiger charge is -2.26. The number of halogens is 1. The number of aryl methyl sites for hydroxylation is 1. The van der Waals surface area contributed by atoms with Gasteiger partial charge in [0.15, 0.2) is 0 Å². The molecular weight excluding hydrogens is 296 g/mol. The molecule has 2 aliphatic heterocycles. The van der Waals surface area contributed by atoms with Crippen LogP contribution in [0, 0.1) is 6.92 Å². The van der Waals surface area contributed by atoms with Crippen molar-refractivity contribution in [2.24, 2.45) is 0 Å². The summed E-state index contributed by atoms with van der Waals surface area (Å²) in [7, 11) is 0. The molecule has 1 N–H and O–H groups in total. The van der Waals surface area contributed by atoms with E-state index in [0.717, 1.165) is 38.8 Å². The number of hydrogen-bond acceptors (Lipinski definition) is 2. The molecule has 2 unspecified atom stereocenters. The molecule has 0 aromatic heterocycles. The first-order valence-electron chi connectivity index (χ1n) is 8.31. The van der Waals surface area contributed by atoms with Gasteiger partial charge in [0.05, 0.1) is 0 Å². The maximum absolute atomic E-state index is 12.5. The van der Waals surface area contributed by atoms with Crippen LogP contribution in [0.2, 0.25) is 0 Å². The van der Waals surface area contributed by atoms with Gasteiger partial charge in [0.1, 0.15) is 0 Å². The minimum absolute atomic E-state index is 0. The third-order valence-corrected chi connectivity index (χ3v) is 4.87. The van der Waals surface area contributed by atoms with Crippen molar-refractivity contribution in [3.8, 4) is 0 Å². The SMILES string of the molecule is Cc1ccc(CC2CCCN2C(=O)CC2CCCN2)cc1.Cl. The Labute approximate surface area is 139 Å². The van der Waals surface area contributed by atoms with Crippen LogP contribution in [0.5, 0.6) is 0 Å². The summed E-state index contributed by atoms with van der Waals surface area (Å²) in [5.74, 6) is 0.351. The third-order valence-electron chi connectivity index (χ3n) is 4.87. The van der Waals surface area contributed by atoms with Gasteiger partial charge in [-0.05, 0) is 51.1 Å². The number of carbonyl (C=O) groups excluding carboxylic acids is 1. The van der Waals surface area contributed by atoms with Crippen LogP contribution in [-0.2, 0) is 11.2 Å². The van der Waals surface area contributed by atoms with Crippen molar-refractivity contribution in [3.63, 3.8) is 0 Å². The molecule has 2 heterocycles. The van der Waals surface area contributed by atoms with Crippen molar-refractivity contribution in [3.05, 3.63) is 35.4 Å². The van der Waals surface area contributed by atoms with E-state index in [4.69, 9.17) is 0 Å². The fraction of sp³-hybridized carbons (Fsp3) is 0.611. The van der Waals surface area contributed by atoms with Crippen LogP contribution in [0.15, 0.2) is 24.3 Å². The standard InChI is InChI=1S/C18H26N2O.ClH/c1-14-6-8-15(9-7-14)12-17-5-3-11-20(17)18(21)13-16-4-2-10-19-16;/h6-9,16-17,19H,2-5,10-13H2,1H3;1H. The van der Waals surface area contributed by atoms with Crippen molar-refractivity contribution >= 4 is 18.3 Å². The van der Waals surface area contributed by atoms with Crippen LogP contribution in [0.1, 0.15) is 43.2 Å². The zero-order valence-corrected chi connectivity index (χ0v) is 14.2. The van der Waals surface area contributed by atoms with Gasteiger partial charge in [-0.2, -0.15) is 0 Å². The van der Waals surface area contributed by atoms with Gasteiger partial charge in [0, 0.05) is 25.0 Å². The maximum Gasteiger partial charge on any atom is 0.224 e. The number of nitrogens with zero attached hydrogens (tertiary/aromatic N) is 1. The molecule has 0 bridgehead atoms. The van der Waals surface area contributed by atoms with Crippen LogP contribution in [0.25, 0.3) is 0 Å².